The minimum atomic E-state index is -0.176. The predicted molar refractivity (Wildman–Crippen MR) is 130 cm³/mol. The summed E-state index contributed by atoms with van der Waals surface area (Å²) in [5, 5.41) is 19.0. The summed E-state index contributed by atoms with van der Waals surface area (Å²) in [5.41, 5.74) is 1.76. The second-order valence-corrected chi connectivity index (χ2v) is 9.77. The Hall–Kier alpha value is -3.14. The van der Waals surface area contributed by atoms with Crippen LogP contribution in [0.5, 0.6) is 0 Å². The molecular formula is C24H23N5O2S2. The van der Waals surface area contributed by atoms with E-state index in [0.717, 1.165) is 36.1 Å². The molecule has 7 nitrogen and oxygen atoms in total. The number of nitriles is 2. The summed E-state index contributed by atoms with van der Waals surface area (Å²) >= 11 is 2.81. The van der Waals surface area contributed by atoms with Gasteiger partial charge in [-0.05, 0) is 43.4 Å². The van der Waals surface area contributed by atoms with Gasteiger partial charge in [-0.3, -0.25) is 14.2 Å². The molecule has 0 radical (unpaired) electrons. The maximum atomic E-state index is 13.7. The predicted octanol–water partition coefficient (Wildman–Crippen LogP) is 4.07. The molecule has 1 aliphatic rings. The highest BCUT2D eigenvalue weighted by Crippen LogP contribution is 2.35. The minimum absolute atomic E-state index is 0.0761. The number of para-hydroxylation sites is 1. The van der Waals surface area contributed by atoms with Gasteiger partial charge in [0.15, 0.2) is 5.16 Å². The fourth-order valence-electron chi connectivity index (χ4n) is 4.04. The molecule has 1 aliphatic carbocycles. The van der Waals surface area contributed by atoms with Crippen molar-refractivity contribution in [2.45, 2.75) is 43.7 Å². The summed E-state index contributed by atoms with van der Waals surface area (Å²) in [5.74, 6) is -0.0999. The first-order valence-electron chi connectivity index (χ1n) is 10.9. The van der Waals surface area contributed by atoms with Crippen molar-refractivity contribution >= 4 is 39.2 Å². The molecule has 2 aromatic heterocycles. The molecule has 1 aromatic carbocycles. The van der Waals surface area contributed by atoms with E-state index in [-0.39, 0.29) is 43.2 Å². The van der Waals surface area contributed by atoms with Gasteiger partial charge < -0.3 is 4.90 Å². The zero-order chi connectivity index (χ0) is 23.2. The van der Waals surface area contributed by atoms with E-state index in [4.69, 9.17) is 15.5 Å². The van der Waals surface area contributed by atoms with Crippen LogP contribution in [-0.4, -0.2) is 39.2 Å². The SMILES string of the molecule is N#CCCN(CCC#N)C(=O)CSc1nc2sc3c(c2c(=O)n1-c1ccccc1)CCCC3. The van der Waals surface area contributed by atoms with Crippen LogP contribution in [0.2, 0.25) is 0 Å². The van der Waals surface area contributed by atoms with E-state index < -0.39 is 0 Å². The molecule has 0 saturated heterocycles. The third-order valence-corrected chi connectivity index (χ3v) is 7.75. The van der Waals surface area contributed by atoms with Gasteiger partial charge in [-0.1, -0.05) is 30.0 Å². The molecule has 9 heteroatoms. The molecule has 0 saturated carbocycles. The van der Waals surface area contributed by atoms with E-state index in [1.165, 1.54) is 21.5 Å². The number of carbonyl (C=O) groups is 1. The highest BCUT2D eigenvalue weighted by atomic mass is 32.2. The third kappa shape index (κ3) is 4.95. The zero-order valence-electron chi connectivity index (χ0n) is 18.1. The summed E-state index contributed by atoms with van der Waals surface area (Å²) in [7, 11) is 0. The van der Waals surface area contributed by atoms with Crippen molar-refractivity contribution in [2.24, 2.45) is 0 Å². The summed E-state index contributed by atoms with van der Waals surface area (Å²) in [4.78, 5) is 34.9. The number of hydrogen-bond acceptors (Lipinski definition) is 7. The second-order valence-electron chi connectivity index (χ2n) is 7.75. The number of rotatable bonds is 8. The third-order valence-electron chi connectivity index (χ3n) is 5.64. The molecule has 3 aromatic rings. The maximum Gasteiger partial charge on any atom is 0.267 e. The van der Waals surface area contributed by atoms with Crippen molar-refractivity contribution in [1.82, 2.24) is 14.5 Å². The quantitative estimate of drug-likeness (QED) is 0.358. The van der Waals surface area contributed by atoms with E-state index in [0.29, 0.717) is 16.2 Å². The summed E-state index contributed by atoms with van der Waals surface area (Å²) in [6.45, 7) is 0.570. The van der Waals surface area contributed by atoms with E-state index in [2.05, 4.69) is 0 Å². The number of nitrogens with zero attached hydrogens (tertiary/aromatic N) is 5. The van der Waals surface area contributed by atoms with Gasteiger partial charge in [0.25, 0.3) is 5.56 Å². The standard InChI is InChI=1S/C24H23N5O2S2/c25-12-6-14-28(15-7-13-26)20(30)16-32-24-27-22-21(18-10-4-5-11-19(18)33-22)23(31)29(24)17-8-2-1-3-9-17/h1-3,8-9H,4-7,10-11,14-16H2. The lowest BCUT2D eigenvalue weighted by molar-refractivity contribution is -0.128. The van der Waals surface area contributed by atoms with Crippen molar-refractivity contribution in [3.8, 4) is 17.8 Å². The Morgan fingerprint density at radius 1 is 1.12 bits per heavy atom. The summed E-state index contributed by atoms with van der Waals surface area (Å²) in [6.07, 6.45) is 4.51. The van der Waals surface area contributed by atoms with Crippen molar-refractivity contribution < 1.29 is 4.79 Å². The molecule has 0 atom stereocenters. The van der Waals surface area contributed by atoms with Gasteiger partial charge in [-0.15, -0.1) is 11.3 Å². The van der Waals surface area contributed by atoms with E-state index in [1.54, 1.807) is 15.9 Å². The lowest BCUT2D eigenvalue weighted by Crippen LogP contribution is -2.34. The summed E-state index contributed by atoms with van der Waals surface area (Å²) in [6, 6.07) is 13.5. The molecule has 0 N–H and O–H groups in total. The Balaban J connectivity index is 1.71. The van der Waals surface area contributed by atoms with Gasteiger partial charge in [-0.25, -0.2) is 4.98 Å². The first-order chi connectivity index (χ1) is 16.1. The van der Waals surface area contributed by atoms with Gasteiger partial charge >= 0.3 is 0 Å². The molecule has 0 aliphatic heterocycles. The molecule has 0 fully saturated rings. The van der Waals surface area contributed by atoms with Crippen LogP contribution >= 0.6 is 23.1 Å². The average Bonchev–Trinajstić information content (AvgIpc) is 3.22. The number of amides is 1. The Bertz CT molecular complexity index is 1280. The van der Waals surface area contributed by atoms with Gasteiger partial charge in [0.05, 0.1) is 41.8 Å². The maximum absolute atomic E-state index is 13.7. The normalized spacial score (nSPS) is 12.7. The molecule has 0 unspecified atom stereocenters. The van der Waals surface area contributed by atoms with Crippen molar-refractivity contribution in [1.29, 1.82) is 10.5 Å². The largest absolute Gasteiger partial charge is 0.340 e. The monoisotopic (exact) mass is 477 g/mol. The zero-order valence-corrected chi connectivity index (χ0v) is 19.8. The number of thioether (sulfide) groups is 1. The van der Waals surface area contributed by atoms with Gasteiger partial charge in [0, 0.05) is 18.0 Å². The Labute approximate surface area is 200 Å². The molecule has 33 heavy (non-hydrogen) atoms. The van der Waals surface area contributed by atoms with Crippen LogP contribution in [0, 0.1) is 22.7 Å². The number of carbonyl (C=O) groups excluding carboxylic acids is 1. The van der Waals surface area contributed by atoms with Gasteiger partial charge in [0.2, 0.25) is 5.91 Å². The van der Waals surface area contributed by atoms with Crippen LogP contribution in [0.3, 0.4) is 0 Å². The van der Waals surface area contributed by atoms with Crippen molar-refractivity contribution in [3.63, 3.8) is 0 Å². The van der Waals surface area contributed by atoms with Crippen LogP contribution in [0.1, 0.15) is 36.1 Å². The Morgan fingerprint density at radius 3 is 2.52 bits per heavy atom. The molecule has 0 bridgehead atoms. The van der Waals surface area contributed by atoms with Gasteiger partial charge in [-0.2, -0.15) is 10.5 Å². The van der Waals surface area contributed by atoms with Crippen molar-refractivity contribution in [2.75, 3.05) is 18.8 Å². The van der Waals surface area contributed by atoms with Crippen LogP contribution in [0.25, 0.3) is 15.9 Å². The van der Waals surface area contributed by atoms with Crippen LogP contribution in [-0.2, 0) is 17.6 Å². The molecule has 1 amide bonds. The number of aromatic nitrogens is 2. The Kier molecular flexibility index (Phi) is 7.43. The lowest BCUT2D eigenvalue weighted by atomic mass is 9.97. The van der Waals surface area contributed by atoms with Crippen LogP contribution < -0.4 is 5.56 Å². The minimum Gasteiger partial charge on any atom is -0.340 e. The fourth-order valence-corrected chi connectivity index (χ4v) is 6.25. The van der Waals surface area contributed by atoms with Crippen LogP contribution in [0.4, 0.5) is 0 Å². The Morgan fingerprint density at radius 2 is 1.82 bits per heavy atom. The highest BCUT2D eigenvalue weighted by molar-refractivity contribution is 7.99. The average molecular weight is 478 g/mol. The van der Waals surface area contributed by atoms with Gasteiger partial charge in [0.1, 0.15) is 4.83 Å². The highest BCUT2D eigenvalue weighted by Gasteiger charge is 2.23. The molecule has 2 heterocycles. The van der Waals surface area contributed by atoms with Crippen LogP contribution in [0.15, 0.2) is 40.3 Å². The van der Waals surface area contributed by atoms with Crippen molar-refractivity contribution in [3.05, 3.63) is 51.1 Å². The number of thiophene rings is 1. The van der Waals surface area contributed by atoms with E-state index in [9.17, 15) is 9.59 Å². The first kappa shape index (κ1) is 23.0. The smallest absolute Gasteiger partial charge is 0.267 e. The molecular weight excluding hydrogens is 454 g/mol. The first-order valence-corrected chi connectivity index (χ1v) is 12.7. The second kappa shape index (κ2) is 10.7. The van der Waals surface area contributed by atoms with E-state index in [1.807, 2.05) is 42.5 Å². The topological polar surface area (TPSA) is 103 Å². The number of aryl methyl sites for hydroxylation is 2. The lowest BCUT2D eigenvalue weighted by Gasteiger charge is -2.20. The molecule has 0 spiro atoms. The van der Waals surface area contributed by atoms with E-state index >= 15 is 0 Å². The fraction of sp³-hybridized carbons (Fsp3) is 0.375. The molecule has 168 valence electrons. The molecule has 4 rings (SSSR count). The number of hydrogen-bond donors (Lipinski definition) is 0. The number of benzene rings is 1. The summed E-state index contributed by atoms with van der Waals surface area (Å²) < 4.78 is 1.61. The number of fused-ring (bicyclic) bond motifs is 3.